The molecule has 0 aliphatic carbocycles. The number of aromatic nitrogens is 5. The highest BCUT2D eigenvalue weighted by Gasteiger charge is 2.03. The Balaban J connectivity index is 1.69. The fourth-order valence-electron chi connectivity index (χ4n) is 1.90. The van der Waals surface area contributed by atoms with Crippen molar-refractivity contribution >= 4 is 5.69 Å². The summed E-state index contributed by atoms with van der Waals surface area (Å²) in [6.45, 7) is 0.672. The Bertz CT molecular complexity index is 674. The third-order valence-corrected chi connectivity index (χ3v) is 2.97. The smallest absolute Gasteiger partial charge is 0.163 e. The molecule has 0 unspecified atom stereocenters. The van der Waals surface area contributed by atoms with Crippen molar-refractivity contribution in [2.45, 2.75) is 6.54 Å². The Hall–Kier alpha value is -2.76. The van der Waals surface area contributed by atoms with Gasteiger partial charge in [0.2, 0.25) is 0 Å². The molecule has 0 aliphatic rings. The number of nitrogens with one attached hydrogen (secondary N) is 1. The minimum absolute atomic E-state index is 0.672. The third-order valence-electron chi connectivity index (χ3n) is 2.97. The van der Waals surface area contributed by atoms with Crippen LogP contribution in [-0.2, 0) is 13.6 Å². The van der Waals surface area contributed by atoms with Crippen LogP contribution in [0.3, 0.4) is 0 Å². The predicted molar refractivity (Wildman–Crippen MR) is 75.8 cm³/mol. The number of benzene rings is 1. The van der Waals surface area contributed by atoms with Gasteiger partial charge in [0.25, 0.3) is 0 Å². The SMILES string of the molecule is Cn1cnnc1-c1ccc(NCc2ccncn2)cc1. The monoisotopic (exact) mass is 266 g/mol. The topological polar surface area (TPSA) is 68.5 Å². The van der Waals surface area contributed by atoms with Crippen LogP contribution in [0, 0.1) is 0 Å². The van der Waals surface area contributed by atoms with Gasteiger partial charge in [-0.3, -0.25) is 0 Å². The minimum atomic E-state index is 0.672. The molecule has 0 saturated carbocycles. The minimum Gasteiger partial charge on any atom is -0.379 e. The van der Waals surface area contributed by atoms with E-state index in [9.17, 15) is 0 Å². The van der Waals surface area contributed by atoms with Crippen molar-refractivity contribution in [2.75, 3.05) is 5.32 Å². The summed E-state index contributed by atoms with van der Waals surface area (Å²) < 4.78 is 1.89. The van der Waals surface area contributed by atoms with E-state index in [1.165, 1.54) is 0 Å². The van der Waals surface area contributed by atoms with E-state index in [0.717, 1.165) is 22.8 Å². The maximum atomic E-state index is 4.17. The molecular formula is C14H14N6. The van der Waals surface area contributed by atoms with Crippen LogP contribution in [0.2, 0.25) is 0 Å². The molecule has 0 aliphatic heterocycles. The molecule has 1 aromatic carbocycles. The molecule has 3 aromatic rings. The van der Waals surface area contributed by atoms with Crippen LogP contribution in [0.25, 0.3) is 11.4 Å². The average Bonchev–Trinajstić information content (AvgIpc) is 2.93. The summed E-state index contributed by atoms with van der Waals surface area (Å²) in [5.74, 6) is 0.854. The van der Waals surface area contributed by atoms with Crippen LogP contribution in [0.15, 0.2) is 49.2 Å². The van der Waals surface area contributed by atoms with Gasteiger partial charge in [0.1, 0.15) is 12.7 Å². The first-order valence-corrected chi connectivity index (χ1v) is 6.26. The molecule has 2 heterocycles. The molecule has 3 rings (SSSR count). The molecule has 0 spiro atoms. The normalized spacial score (nSPS) is 10.4. The van der Waals surface area contributed by atoms with Gasteiger partial charge in [0, 0.05) is 24.5 Å². The predicted octanol–water partition coefficient (Wildman–Crippen LogP) is 1.88. The zero-order valence-electron chi connectivity index (χ0n) is 11.1. The van der Waals surface area contributed by atoms with E-state index in [1.54, 1.807) is 18.9 Å². The number of aryl methyl sites for hydroxylation is 1. The molecule has 20 heavy (non-hydrogen) atoms. The van der Waals surface area contributed by atoms with Crippen molar-refractivity contribution in [1.82, 2.24) is 24.7 Å². The van der Waals surface area contributed by atoms with E-state index < -0.39 is 0 Å². The lowest BCUT2D eigenvalue weighted by Crippen LogP contribution is -2.01. The Kier molecular flexibility index (Phi) is 3.36. The van der Waals surface area contributed by atoms with Crippen molar-refractivity contribution in [2.24, 2.45) is 7.05 Å². The first-order chi connectivity index (χ1) is 9.83. The summed E-state index contributed by atoms with van der Waals surface area (Å²) in [4.78, 5) is 8.06. The lowest BCUT2D eigenvalue weighted by molar-refractivity contribution is 0.920. The Morgan fingerprint density at radius 3 is 2.65 bits per heavy atom. The zero-order chi connectivity index (χ0) is 13.8. The third kappa shape index (κ3) is 2.64. The maximum absolute atomic E-state index is 4.17. The van der Waals surface area contributed by atoms with Gasteiger partial charge in [-0.15, -0.1) is 10.2 Å². The standard InChI is InChI=1S/C14H14N6/c1-20-10-18-19-14(20)11-2-4-12(5-3-11)16-8-13-6-7-15-9-17-13/h2-7,9-10,16H,8H2,1H3. The van der Waals surface area contributed by atoms with Gasteiger partial charge in [0.05, 0.1) is 12.2 Å². The molecular weight excluding hydrogens is 252 g/mol. The van der Waals surface area contributed by atoms with Crippen LogP contribution < -0.4 is 5.32 Å². The van der Waals surface area contributed by atoms with Gasteiger partial charge in [-0.25, -0.2) is 9.97 Å². The van der Waals surface area contributed by atoms with Gasteiger partial charge in [0.15, 0.2) is 5.82 Å². The lowest BCUT2D eigenvalue weighted by atomic mass is 10.2. The van der Waals surface area contributed by atoms with Crippen LogP contribution in [-0.4, -0.2) is 24.7 Å². The number of rotatable bonds is 4. The van der Waals surface area contributed by atoms with Crippen LogP contribution >= 0.6 is 0 Å². The van der Waals surface area contributed by atoms with Crippen LogP contribution in [0.1, 0.15) is 5.69 Å². The maximum Gasteiger partial charge on any atom is 0.163 e. The second-order valence-corrected chi connectivity index (χ2v) is 4.40. The van der Waals surface area contributed by atoms with Crippen molar-refractivity contribution in [3.63, 3.8) is 0 Å². The molecule has 0 radical (unpaired) electrons. The van der Waals surface area contributed by atoms with E-state index in [4.69, 9.17) is 0 Å². The summed E-state index contributed by atoms with van der Waals surface area (Å²) in [7, 11) is 1.93. The van der Waals surface area contributed by atoms with Gasteiger partial charge < -0.3 is 9.88 Å². The average molecular weight is 266 g/mol. The molecule has 0 atom stereocenters. The highest BCUT2D eigenvalue weighted by atomic mass is 15.2. The fourth-order valence-corrected chi connectivity index (χ4v) is 1.90. The summed E-state index contributed by atoms with van der Waals surface area (Å²) in [6.07, 6.45) is 4.98. The fraction of sp³-hybridized carbons (Fsp3) is 0.143. The van der Waals surface area contributed by atoms with Crippen molar-refractivity contribution in [3.05, 3.63) is 54.9 Å². The summed E-state index contributed by atoms with van der Waals surface area (Å²) in [5, 5.41) is 11.3. The number of nitrogens with zero attached hydrogens (tertiary/aromatic N) is 5. The molecule has 0 fully saturated rings. The Labute approximate surface area is 116 Å². The largest absolute Gasteiger partial charge is 0.379 e. The van der Waals surface area contributed by atoms with Crippen molar-refractivity contribution in [3.8, 4) is 11.4 Å². The van der Waals surface area contributed by atoms with Crippen LogP contribution in [0.5, 0.6) is 0 Å². The lowest BCUT2D eigenvalue weighted by Gasteiger charge is -2.06. The number of anilines is 1. The molecule has 0 amide bonds. The second-order valence-electron chi connectivity index (χ2n) is 4.40. The van der Waals surface area contributed by atoms with Gasteiger partial charge in [-0.05, 0) is 30.3 Å². The van der Waals surface area contributed by atoms with Crippen molar-refractivity contribution < 1.29 is 0 Å². The quantitative estimate of drug-likeness (QED) is 0.781. The molecule has 2 aromatic heterocycles. The van der Waals surface area contributed by atoms with Crippen LogP contribution in [0.4, 0.5) is 5.69 Å². The summed E-state index contributed by atoms with van der Waals surface area (Å²) in [6, 6.07) is 9.97. The Morgan fingerprint density at radius 1 is 1.15 bits per heavy atom. The molecule has 1 N–H and O–H groups in total. The van der Waals surface area contributed by atoms with E-state index in [1.807, 2.05) is 41.9 Å². The second kappa shape index (κ2) is 5.48. The highest BCUT2D eigenvalue weighted by molar-refractivity contribution is 5.59. The van der Waals surface area contributed by atoms with Crippen molar-refractivity contribution in [1.29, 1.82) is 0 Å². The number of hydrogen-bond donors (Lipinski definition) is 1. The zero-order valence-corrected chi connectivity index (χ0v) is 11.1. The first-order valence-electron chi connectivity index (χ1n) is 6.26. The highest BCUT2D eigenvalue weighted by Crippen LogP contribution is 2.18. The molecule has 0 saturated heterocycles. The molecule has 0 bridgehead atoms. The summed E-state index contributed by atoms with van der Waals surface area (Å²) >= 11 is 0. The Morgan fingerprint density at radius 2 is 2.00 bits per heavy atom. The van der Waals surface area contributed by atoms with E-state index in [2.05, 4.69) is 25.5 Å². The molecule has 6 nitrogen and oxygen atoms in total. The van der Waals surface area contributed by atoms with E-state index in [0.29, 0.717) is 6.54 Å². The van der Waals surface area contributed by atoms with Gasteiger partial charge in [-0.1, -0.05) is 0 Å². The summed E-state index contributed by atoms with van der Waals surface area (Å²) in [5.41, 5.74) is 3.03. The van der Waals surface area contributed by atoms with Gasteiger partial charge in [-0.2, -0.15) is 0 Å². The van der Waals surface area contributed by atoms with E-state index >= 15 is 0 Å². The number of hydrogen-bond acceptors (Lipinski definition) is 5. The van der Waals surface area contributed by atoms with Gasteiger partial charge >= 0.3 is 0 Å². The molecule has 6 heteroatoms. The first kappa shape index (κ1) is 12.3. The van der Waals surface area contributed by atoms with E-state index in [-0.39, 0.29) is 0 Å². The molecule has 100 valence electrons.